The van der Waals surface area contributed by atoms with E-state index >= 15 is 0 Å². The Morgan fingerprint density at radius 3 is 2.27 bits per heavy atom. The molecule has 4 N–H and O–H groups in total. The fraction of sp³-hybridized carbons (Fsp3) is 0.692. The smallest absolute Gasteiger partial charge is 0.344 e. The SMILES string of the molecule is CCOC(=O)COc1cc(C[C@@H](C[C@H](N)[C@@H](O)C[C@@H](C)C(=O)O)C(C)C)ccc1C(C)(C)C. The Bertz CT molecular complexity index is 771. The largest absolute Gasteiger partial charge is 0.482 e. The van der Waals surface area contributed by atoms with E-state index in [2.05, 4.69) is 40.7 Å². The molecule has 0 heterocycles. The molecule has 0 fully saturated rings. The maximum atomic E-state index is 11.8. The lowest BCUT2D eigenvalue weighted by Gasteiger charge is -2.28. The molecule has 33 heavy (non-hydrogen) atoms. The molecule has 0 aliphatic carbocycles. The van der Waals surface area contributed by atoms with Crippen molar-refractivity contribution in [1.82, 2.24) is 0 Å². The van der Waals surface area contributed by atoms with Crippen molar-refractivity contribution >= 4 is 11.9 Å². The third-order valence-electron chi connectivity index (χ3n) is 6.03. The molecule has 0 aromatic heterocycles. The van der Waals surface area contributed by atoms with Gasteiger partial charge in [-0.25, -0.2) is 4.79 Å². The Kier molecular flexibility index (Phi) is 11.3. The molecule has 188 valence electrons. The van der Waals surface area contributed by atoms with Gasteiger partial charge >= 0.3 is 11.9 Å². The van der Waals surface area contributed by atoms with Crippen molar-refractivity contribution in [2.45, 2.75) is 85.3 Å². The summed E-state index contributed by atoms with van der Waals surface area (Å²) in [6, 6.07) is 5.58. The van der Waals surface area contributed by atoms with E-state index in [0.717, 1.165) is 17.5 Å². The maximum Gasteiger partial charge on any atom is 0.344 e. The number of esters is 1. The molecule has 0 aliphatic rings. The summed E-state index contributed by atoms with van der Waals surface area (Å²) in [5.41, 5.74) is 8.16. The molecule has 1 aromatic rings. The van der Waals surface area contributed by atoms with Gasteiger partial charge in [0, 0.05) is 6.04 Å². The van der Waals surface area contributed by atoms with Gasteiger partial charge in [0.25, 0.3) is 0 Å². The normalized spacial score (nSPS) is 15.6. The number of ether oxygens (including phenoxy) is 2. The lowest BCUT2D eigenvalue weighted by molar-refractivity contribution is -0.145. The third-order valence-corrected chi connectivity index (χ3v) is 6.03. The number of aliphatic hydroxyl groups is 1. The molecule has 4 atom stereocenters. The first kappa shape index (κ1) is 28.9. The van der Waals surface area contributed by atoms with Crippen LogP contribution in [0.1, 0.15) is 72.4 Å². The highest BCUT2D eigenvalue weighted by atomic mass is 16.6. The lowest BCUT2D eigenvalue weighted by Crippen LogP contribution is -2.39. The number of rotatable bonds is 13. The van der Waals surface area contributed by atoms with Crippen LogP contribution in [0.25, 0.3) is 0 Å². The standard InChI is InChI=1S/C26H43NO6/c1-8-32-24(29)15-33-23-13-18(9-10-20(23)26(5,6)7)12-19(16(2)3)14-21(27)22(28)11-17(4)25(30)31/h9-10,13,16-17,19,21-22,28H,8,11-12,14-15,27H2,1-7H3,(H,30,31)/t17-,19+,21+,22+/m1/s1. The van der Waals surface area contributed by atoms with Crippen LogP contribution in [0, 0.1) is 17.8 Å². The predicted octanol–water partition coefficient (Wildman–Crippen LogP) is 3.93. The van der Waals surface area contributed by atoms with Crippen molar-refractivity contribution in [2.24, 2.45) is 23.5 Å². The number of carboxylic acid groups (broad SMARTS) is 1. The first-order chi connectivity index (χ1) is 15.3. The molecule has 1 aromatic carbocycles. The molecule has 0 aliphatic heterocycles. The lowest BCUT2D eigenvalue weighted by atomic mass is 9.81. The first-order valence-electron chi connectivity index (χ1n) is 11.8. The van der Waals surface area contributed by atoms with Crippen molar-refractivity contribution < 1.29 is 29.3 Å². The first-order valence-corrected chi connectivity index (χ1v) is 11.8. The zero-order chi connectivity index (χ0) is 25.3. The number of nitrogens with two attached hydrogens (primary N) is 1. The average molecular weight is 466 g/mol. The van der Waals surface area contributed by atoms with E-state index in [4.69, 9.17) is 20.3 Å². The number of aliphatic hydroxyl groups excluding tert-OH is 1. The number of carboxylic acids is 1. The van der Waals surface area contributed by atoms with Gasteiger partial charge in [0.2, 0.25) is 0 Å². The summed E-state index contributed by atoms with van der Waals surface area (Å²) in [7, 11) is 0. The molecular formula is C26H43NO6. The summed E-state index contributed by atoms with van der Waals surface area (Å²) >= 11 is 0. The highest BCUT2D eigenvalue weighted by molar-refractivity contribution is 5.71. The van der Waals surface area contributed by atoms with Crippen molar-refractivity contribution in [1.29, 1.82) is 0 Å². The van der Waals surface area contributed by atoms with E-state index < -0.39 is 30.0 Å². The van der Waals surface area contributed by atoms with Crippen LogP contribution in [0.15, 0.2) is 18.2 Å². The molecule has 0 saturated heterocycles. The Labute approximate surface area is 198 Å². The predicted molar refractivity (Wildman–Crippen MR) is 129 cm³/mol. The third kappa shape index (κ3) is 9.72. The number of hydrogen-bond acceptors (Lipinski definition) is 6. The van der Waals surface area contributed by atoms with Crippen molar-refractivity contribution in [2.75, 3.05) is 13.2 Å². The Morgan fingerprint density at radius 1 is 1.12 bits per heavy atom. The minimum absolute atomic E-state index is 0.132. The quantitative estimate of drug-likeness (QED) is 0.378. The number of benzene rings is 1. The molecule has 1 rings (SSSR count). The van der Waals surface area contributed by atoms with Crippen LogP contribution in [-0.2, 0) is 26.2 Å². The van der Waals surface area contributed by atoms with Gasteiger partial charge in [0.05, 0.1) is 18.6 Å². The second-order valence-corrected chi connectivity index (χ2v) is 10.3. The molecule has 7 heteroatoms. The van der Waals surface area contributed by atoms with Crippen molar-refractivity contribution in [3.8, 4) is 5.75 Å². The van der Waals surface area contributed by atoms with E-state index in [1.807, 2.05) is 12.1 Å². The summed E-state index contributed by atoms with van der Waals surface area (Å²) in [5, 5.41) is 19.5. The van der Waals surface area contributed by atoms with Crippen LogP contribution >= 0.6 is 0 Å². The second kappa shape index (κ2) is 12.9. The zero-order valence-electron chi connectivity index (χ0n) is 21.3. The molecule has 0 radical (unpaired) electrons. The molecule has 0 saturated carbocycles. The van der Waals surface area contributed by atoms with Crippen LogP contribution in [0.2, 0.25) is 0 Å². The van der Waals surface area contributed by atoms with Crippen LogP contribution in [0.5, 0.6) is 5.75 Å². The highest BCUT2D eigenvalue weighted by Gasteiger charge is 2.26. The van der Waals surface area contributed by atoms with Gasteiger partial charge in [-0.15, -0.1) is 0 Å². The van der Waals surface area contributed by atoms with Crippen LogP contribution in [-0.4, -0.2) is 47.5 Å². The minimum atomic E-state index is -0.934. The van der Waals surface area contributed by atoms with E-state index in [9.17, 15) is 14.7 Å². The zero-order valence-corrected chi connectivity index (χ0v) is 21.3. The summed E-state index contributed by atoms with van der Waals surface area (Å²) in [4.78, 5) is 22.9. The number of hydrogen-bond donors (Lipinski definition) is 3. The fourth-order valence-corrected chi connectivity index (χ4v) is 3.81. The Balaban J connectivity index is 3.01. The van der Waals surface area contributed by atoms with E-state index in [1.54, 1.807) is 13.8 Å². The van der Waals surface area contributed by atoms with Crippen LogP contribution in [0.4, 0.5) is 0 Å². The molecular weight excluding hydrogens is 422 g/mol. The van der Waals surface area contributed by atoms with E-state index in [0.29, 0.717) is 24.7 Å². The van der Waals surface area contributed by atoms with E-state index in [1.165, 1.54) is 0 Å². The molecule has 0 bridgehead atoms. The van der Waals surface area contributed by atoms with Gasteiger partial charge in [0.15, 0.2) is 6.61 Å². The van der Waals surface area contributed by atoms with Crippen LogP contribution < -0.4 is 10.5 Å². The van der Waals surface area contributed by atoms with Gasteiger partial charge in [-0.2, -0.15) is 0 Å². The second-order valence-electron chi connectivity index (χ2n) is 10.3. The van der Waals surface area contributed by atoms with Gasteiger partial charge in [-0.1, -0.05) is 53.7 Å². The number of carbonyl (C=O) groups is 2. The van der Waals surface area contributed by atoms with Crippen molar-refractivity contribution in [3.63, 3.8) is 0 Å². The summed E-state index contributed by atoms with van der Waals surface area (Å²) in [5.74, 6) is -0.823. The maximum absolute atomic E-state index is 11.8. The highest BCUT2D eigenvalue weighted by Crippen LogP contribution is 2.34. The Hall–Kier alpha value is -2.12. The molecule has 0 amide bonds. The molecule has 0 spiro atoms. The van der Waals surface area contributed by atoms with Gasteiger partial charge in [-0.05, 0) is 60.6 Å². The van der Waals surface area contributed by atoms with Crippen molar-refractivity contribution in [3.05, 3.63) is 29.3 Å². The Morgan fingerprint density at radius 2 is 1.76 bits per heavy atom. The number of aliphatic carboxylic acids is 1. The van der Waals surface area contributed by atoms with Gasteiger partial charge in [-0.3, -0.25) is 4.79 Å². The van der Waals surface area contributed by atoms with Gasteiger partial charge in [0.1, 0.15) is 5.75 Å². The topological polar surface area (TPSA) is 119 Å². The average Bonchev–Trinajstić information content (AvgIpc) is 2.70. The number of carbonyl (C=O) groups excluding carboxylic acids is 1. The summed E-state index contributed by atoms with van der Waals surface area (Å²) < 4.78 is 10.8. The molecule has 0 unspecified atom stereocenters. The fourth-order valence-electron chi connectivity index (χ4n) is 3.81. The van der Waals surface area contributed by atoms with Gasteiger partial charge < -0.3 is 25.4 Å². The summed E-state index contributed by atoms with van der Waals surface area (Å²) in [6.07, 6.45) is 0.565. The summed E-state index contributed by atoms with van der Waals surface area (Å²) in [6.45, 7) is 14.0. The monoisotopic (exact) mass is 465 g/mol. The molecule has 7 nitrogen and oxygen atoms in total. The minimum Gasteiger partial charge on any atom is -0.482 e. The van der Waals surface area contributed by atoms with Crippen LogP contribution in [0.3, 0.4) is 0 Å². The van der Waals surface area contributed by atoms with E-state index in [-0.39, 0.29) is 24.4 Å².